The summed E-state index contributed by atoms with van der Waals surface area (Å²) in [6, 6.07) is 5.30. The van der Waals surface area contributed by atoms with Crippen molar-refractivity contribution >= 4 is 22.2 Å². The molecule has 94 valence electrons. The van der Waals surface area contributed by atoms with Crippen LogP contribution in [0.3, 0.4) is 0 Å². The summed E-state index contributed by atoms with van der Waals surface area (Å²) in [5.74, 6) is -0.645. The van der Waals surface area contributed by atoms with Gasteiger partial charge in [0.1, 0.15) is 0 Å². The van der Waals surface area contributed by atoms with Crippen LogP contribution in [0.4, 0.5) is 13.2 Å². The Morgan fingerprint density at radius 2 is 1.88 bits per heavy atom. The third-order valence-electron chi connectivity index (χ3n) is 2.07. The Labute approximate surface area is 104 Å². The molecule has 1 atom stereocenters. The fourth-order valence-corrected chi connectivity index (χ4v) is 1.35. The van der Waals surface area contributed by atoms with Crippen LogP contribution in [0.5, 0.6) is 0 Å². The van der Waals surface area contributed by atoms with Gasteiger partial charge in [0.05, 0.1) is 5.56 Å². The summed E-state index contributed by atoms with van der Waals surface area (Å²) in [4.78, 5) is 11.0. The Morgan fingerprint density at radius 1 is 1.35 bits per heavy atom. The molecule has 0 amide bonds. The maximum absolute atomic E-state index is 12.1. The van der Waals surface area contributed by atoms with Gasteiger partial charge in [0.2, 0.25) is 0 Å². The molecule has 17 heavy (non-hydrogen) atoms. The Morgan fingerprint density at radius 3 is 2.29 bits per heavy atom. The number of hydrogen-bond acceptors (Lipinski definition) is 3. The highest BCUT2D eigenvalue weighted by molar-refractivity contribution is 9.06. The van der Waals surface area contributed by atoms with Crippen LogP contribution in [-0.2, 0) is 10.2 Å². The van der Waals surface area contributed by atoms with Crippen molar-refractivity contribution in [3.05, 3.63) is 35.4 Å². The maximum atomic E-state index is 12.1. The molecule has 1 rings (SSSR count). The third kappa shape index (κ3) is 4.01. The molecule has 0 aliphatic heterocycles. The lowest BCUT2D eigenvalue weighted by molar-refractivity contribution is -0.203. The monoisotopic (exact) mass is 312 g/mol. The highest BCUT2D eigenvalue weighted by Crippen LogP contribution is 2.23. The van der Waals surface area contributed by atoms with Gasteiger partial charge in [-0.3, -0.25) is 0 Å². The van der Waals surface area contributed by atoms with E-state index in [0.717, 1.165) is 0 Å². The zero-order valence-corrected chi connectivity index (χ0v) is 9.96. The summed E-state index contributed by atoms with van der Waals surface area (Å²) in [6.45, 7) is 0. The van der Waals surface area contributed by atoms with Crippen LogP contribution >= 0.6 is 16.3 Å². The summed E-state index contributed by atoms with van der Waals surface area (Å²) >= 11 is 2.50. The molecule has 0 heterocycles. The van der Waals surface area contributed by atoms with Crippen LogP contribution in [-0.4, -0.2) is 23.4 Å². The van der Waals surface area contributed by atoms with Crippen molar-refractivity contribution in [1.29, 1.82) is 0 Å². The first-order valence-corrected chi connectivity index (χ1v) is 5.16. The average molecular weight is 313 g/mol. The molecule has 0 radical (unpaired) electrons. The molecule has 0 aromatic heterocycles. The lowest BCUT2D eigenvalue weighted by Gasteiger charge is -2.14. The van der Waals surface area contributed by atoms with Crippen molar-refractivity contribution < 1.29 is 26.9 Å². The van der Waals surface area contributed by atoms with E-state index < -0.39 is 24.7 Å². The van der Waals surface area contributed by atoms with Gasteiger partial charge in [0.25, 0.3) is 0 Å². The second kappa shape index (κ2) is 5.50. The topological polar surface area (TPSA) is 46.5 Å². The number of alkyl halides is 3. The largest absolute Gasteiger partial charge is 0.414 e. The Balaban J connectivity index is 2.72. The summed E-state index contributed by atoms with van der Waals surface area (Å²) < 4.78 is 40.5. The molecule has 1 N–H and O–H groups in total. The van der Waals surface area contributed by atoms with Crippen LogP contribution in [0.1, 0.15) is 15.9 Å². The first-order valence-electron chi connectivity index (χ1n) is 4.51. The summed E-state index contributed by atoms with van der Waals surface area (Å²) in [5.41, 5.74) is 0.480. The number of hydrogen-bond donors (Lipinski definition) is 1. The minimum absolute atomic E-state index is 0.201. The first-order chi connectivity index (χ1) is 7.84. The van der Waals surface area contributed by atoms with Crippen LogP contribution in [0.25, 0.3) is 0 Å². The van der Waals surface area contributed by atoms with E-state index in [9.17, 15) is 18.0 Å². The lowest BCUT2D eigenvalue weighted by Crippen LogP contribution is -2.30. The number of carbonyl (C=O) groups excluding carboxylic acids is 1. The average Bonchev–Trinajstić information content (AvgIpc) is 2.27. The zero-order valence-electron chi connectivity index (χ0n) is 8.37. The van der Waals surface area contributed by atoms with Crippen LogP contribution < -0.4 is 0 Å². The van der Waals surface area contributed by atoms with E-state index in [1.165, 1.54) is 24.3 Å². The number of carbonyl (C=O) groups is 1. The van der Waals surface area contributed by atoms with E-state index in [4.69, 9.17) is 5.11 Å². The van der Waals surface area contributed by atoms with Crippen molar-refractivity contribution in [2.45, 2.75) is 18.7 Å². The van der Waals surface area contributed by atoms with Gasteiger partial charge < -0.3 is 8.93 Å². The van der Waals surface area contributed by atoms with Gasteiger partial charge >= 0.3 is 12.1 Å². The van der Waals surface area contributed by atoms with Crippen molar-refractivity contribution in [2.75, 3.05) is 0 Å². The molecule has 1 aromatic rings. The van der Waals surface area contributed by atoms with E-state index in [1.807, 2.05) is 0 Å². The molecule has 0 aliphatic carbocycles. The van der Waals surface area contributed by atoms with Crippen molar-refractivity contribution in [2.24, 2.45) is 0 Å². The molecule has 7 heteroatoms. The number of benzene rings is 1. The minimum atomic E-state index is -4.65. The quantitative estimate of drug-likeness (QED) is 0.933. The first kappa shape index (κ1) is 14.0. The molecular formula is C10H8BrF3O3. The van der Waals surface area contributed by atoms with Crippen LogP contribution in [0.15, 0.2) is 24.3 Å². The second-order valence-corrected chi connectivity index (χ2v) is 3.65. The van der Waals surface area contributed by atoms with E-state index in [2.05, 4.69) is 20.1 Å². The number of rotatable bonds is 3. The van der Waals surface area contributed by atoms with Gasteiger partial charge in [-0.1, -0.05) is 12.1 Å². The van der Waals surface area contributed by atoms with Crippen molar-refractivity contribution in [3.63, 3.8) is 0 Å². The maximum Gasteiger partial charge on any atom is 0.414 e. The molecule has 0 spiro atoms. The van der Waals surface area contributed by atoms with Gasteiger partial charge in [-0.2, -0.15) is 13.2 Å². The van der Waals surface area contributed by atoms with Gasteiger partial charge in [0.15, 0.2) is 22.4 Å². The molecule has 1 unspecified atom stereocenters. The van der Waals surface area contributed by atoms with Crippen LogP contribution in [0, 0.1) is 0 Å². The highest BCUT2D eigenvalue weighted by atomic mass is 79.9. The normalized spacial score (nSPS) is 13.2. The Bertz CT molecular complexity index is 389. The Kier molecular flexibility index (Phi) is 4.53. The van der Waals surface area contributed by atoms with Gasteiger partial charge in [-0.05, 0) is 17.7 Å². The second-order valence-electron chi connectivity index (χ2n) is 3.32. The molecule has 0 bridgehead atoms. The van der Waals surface area contributed by atoms with Gasteiger partial charge in [-0.25, -0.2) is 4.79 Å². The molecule has 1 aromatic carbocycles. The highest BCUT2D eigenvalue weighted by Gasteiger charge is 2.37. The number of aliphatic hydroxyl groups is 1. The van der Waals surface area contributed by atoms with Gasteiger partial charge in [-0.15, -0.1) is 0 Å². The minimum Gasteiger partial charge on any atom is -0.383 e. The molecule has 3 nitrogen and oxygen atoms in total. The fraction of sp³-hybridized carbons (Fsp3) is 0.300. The summed E-state index contributed by atoms with van der Waals surface area (Å²) in [7, 11) is 0. The summed E-state index contributed by atoms with van der Waals surface area (Å²) in [6.07, 6.45) is -7.60. The third-order valence-corrected chi connectivity index (χ3v) is 2.36. The smallest absolute Gasteiger partial charge is 0.383 e. The number of halogens is 4. The van der Waals surface area contributed by atoms with Gasteiger partial charge in [0, 0.05) is 6.42 Å². The van der Waals surface area contributed by atoms with Crippen molar-refractivity contribution in [3.8, 4) is 0 Å². The molecule has 0 saturated carbocycles. The standard InChI is InChI=1S/C10H8BrF3O3/c11-17-9(16)7-3-1-6(2-4-7)5-8(15)10(12,13)14/h1-4,8,15H,5H2. The SMILES string of the molecule is O=C(OBr)c1ccc(CC(O)C(F)(F)F)cc1. The Hall–Kier alpha value is -1.08. The number of aliphatic hydroxyl groups excluding tert-OH is 1. The van der Waals surface area contributed by atoms with E-state index >= 15 is 0 Å². The molecular weight excluding hydrogens is 305 g/mol. The van der Waals surface area contributed by atoms with Crippen LogP contribution in [0.2, 0.25) is 0 Å². The van der Waals surface area contributed by atoms with E-state index in [1.54, 1.807) is 0 Å². The predicted octanol–water partition coefficient (Wildman–Crippen LogP) is 2.62. The lowest BCUT2D eigenvalue weighted by atomic mass is 10.1. The van der Waals surface area contributed by atoms with E-state index in [-0.39, 0.29) is 11.1 Å². The molecule has 0 fully saturated rings. The van der Waals surface area contributed by atoms with E-state index in [0.29, 0.717) is 0 Å². The summed E-state index contributed by atoms with van der Waals surface area (Å²) in [5, 5.41) is 8.84. The zero-order chi connectivity index (χ0) is 13.1. The molecule has 0 aliphatic rings. The predicted molar refractivity (Wildman–Crippen MR) is 56.6 cm³/mol. The fourth-order valence-electron chi connectivity index (χ4n) is 1.16. The van der Waals surface area contributed by atoms with Crippen molar-refractivity contribution in [1.82, 2.24) is 0 Å². The molecule has 0 saturated heterocycles.